The highest BCUT2D eigenvalue weighted by molar-refractivity contribution is 14.1. The molecule has 1 aliphatic rings. The SMILES string of the molecule is Nc1ccnc(-n2nc(I)c3c2C=COC3)c1. The molecule has 0 amide bonds. The van der Waals surface area contributed by atoms with Crippen LogP contribution in [0.5, 0.6) is 0 Å². The molecule has 3 heterocycles. The van der Waals surface area contributed by atoms with E-state index >= 15 is 0 Å². The lowest BCUT2D eigenvalue weighted by molar-refractivity contribution is 0.233. The molecule has 0 aromatic carbocycles. The number of hydrogen-bond donors (Lipinski definition) is 1. The first-order chi connectivity index (χ1) is 8.25. The molecule has 0 saturated carbocycles. The monoisotopic (exact) mass is 340 g/mol. The number of halogens is 1. The minimum Gasteiger partial charge on any atom is -0.496 e. The van der Waals surface area contributed by atoms with Crippen molar-refractivity contribution in [3.8, 4) is 5.82 Å². The highest BCUT2D eigenvalue weighted by Crippen LogP contribution is 2.25. The van der Waals surface area contributed by atoms with Crippen molar-refractivity contribution in [3.05, 3.63) is 39.5 Å². The molecular weight excluding hydrogens is 331 g/mol. The summed E-state index contributed by atoms with van der Waals surface area (Å²) in [7, 11) is 0. The first-order valence-electron chi connectivity index (χ1n) is 5.03. The van der Waals surface area contributed by atoms with Crippen LogP contribution in [-0.4, -0.2) is 14.8 Å². The lowest BCUT2D eigenvalue weighted by Gasteiger charge is -2.09. The average molecular weight is 340 g/mol. The highest BCUT2D eigenvalue weighted by Gasteiger charge is 2.18. The molecular formula is C11H9IN4O. The summed E-state index contributed by atoms with van der Waals surface area (Å²) in [6.45, 7) is 0.548. The third-order valence-corrected chi connectivity index (χ3v) is 3.38. The zero-order valence-corrected chi connectivity index (χ0v) is 11.0. The predicted octanol–water partition coefficient (Wildman–Crippen LogP) is 1.96. The van der Waals surface area contributed by atoms with E-state index in [1.54, 1.807) is 29.3 Å². The largest absolute Gasteiger partial charge is 0.496 e. The molecule has 0 saturated heterocycles. The summed E-state index contributed by atoms with van der Waals surface area (Å²) in [5, 5.41) is 4.46. The van der Waals surface area contributed by atoms with Crippen molar-refractivity contribution in [3.63, 3.8) is 0 Å². The number of aromatic nitrogens is 3. The molecule has 0 bridgehead atoms. The third-order valence-electron chi connectivity index (χ3n) is 2.51. The maximum Gasteiger partial charge on any atom is 0.156 e. The van der Waals surface area contributed by atoms with Crippen LogP contribution < -0.4 is 5.73 Å². The molecule has 2 aromatic rings. The van der Waals surface area contributed by atoms with Gasteiger partial charge in [0, 0.05) is 23.5 Å². The van der Waals surface area contributed by atoms with Gasteiger partial charge in [-0.15, -0.1) is 0 Å². The Morgan fingerprint density at radius 1 is 1.47 bits per heavy atom. The number of nitrogens with zero attached hydrogens (tertiary/aromatic N) is 3. The quantitative estimate of drug-likeness (QED) is 0.806. The van der Waals surface area contributed by atoms with Crippen LogP contribution in [0.4, 0.5) is 5.69 Å². The van der Waals surface area contributed by atoms with Crippen molar-refractivity contribution in [2.75, 3.05) is 5.73 Å². The van der Waals surface area contributed by atoms with Crippen molar-refractivity contribution >= 4 is 34.4 Å². The fourth-order valence-electron chi connectivity index (χ4n) is 1.71. The Labute approximate surface area is 111 Å². The molecule has 0 fully saturated rings. The lowest BCUT2D eigenvalue weighted by atomic mass is 10.2. The minimum absolute atomic E-state index is 0.548. The van der Waals surface area contributed by atoms with Gasteiger partial charge in [-0.1, -0.05) is 0 Å². The predicted molar refractivity (Wildman–Crippen MR) is 72.3 cm³/mol. The van der Waals surface area contributed by atoms with Crippen LogP contribution in [0.15, 0.2) is 24.6 Å². The van der Waals surface area contributed by atoms with Crippen molar-refractivity contribution in [1.29, 1.82) is 0 Å². The Morgan fingerprint density at radius 2 is 2.35 bits per heavy atom. The maximum absolute atomic E-state index is 5.75. The zero-order valence-electron chi connectivity index (χ0n) is 8.80. The number of hydrogen-bond acceptors (Lipinski definition) is 4. The van der Waals surface area contributed by atoms with Gasteiger partial charge in [-0.05, 0) is 34.7 Å². The average Bonchev–Trinajstić information content (AvgIpc) is 2.68. The van der Waals surface area contributed by atoms with E-state index in [0.29, 0.717) is 12.3 Å². The Balaban J connectivity index is 2.19. The molecule has 17 heavy (non-hydrogen) atoms. The summed E-state index contributed by atoms with van der Waals surface area (Å²) in [6, 6.07) is 3.55. The first-order valence-corrected chi connectivity index (χ1v) is 6.11. The molecule has 3 rings (SSSR count). The van der Waals surface area contributed by atoms with Crippen LogP contribution in [0.3, 0.4) is 0 Å². The molecule has 86 valence electrons. The van der Waals surface area contributed by atoms with E-state index in [1.165, 1.54) is 0 Å². The summed E-state index contributed by atoms with van der Waals surface area (Å²) in [4.78, 5) is 4.27. The molecule has 0 atom stereocenters. The van der Waals surface area contributed by atoms with Gasteiger partial charge in [0.15, 0.2) is 5.82 Å². The second-order valence-corrected chi connectivity index (χ2v) is 4.65. The van der Waals surface area contributed by atoms with Crippen LogP contribution in [0.25, 0.3) is 11.9 Å². The van der Waals surface area contributed by atoms with Gasteiger partial charge in [-0.25, -0.2) is 9.67 Å². The van der Waals surface area contributed by atoms with Crippen molar-refractivity contribution < 1.29 is 4.74 Å². The van der Waals surface area contributed by atoms with Crippen LogP contribution in [0.1, 0.15) is 11.3 Å². The number of fused-ring (bicyclic) bond motifs is 1. The van der Waals surface area contributed by atoms with Crippen LogP contribution >= 0.6 is 22.6 Å². The molecule has 0 unspecified atom stereocenters. The third kappa shape index (κ3) is 1.78. The molecule has 2 N–H and O–H groups in total. The Kier molecular flexibility index (Phi) is 2.50. The van der Waals surface area contributed by atoms with E-state index in [-0.39, 0.29) is 0 Å². The molecule has 1 aliphatic heterocycles. The van der Waals surface area contributed by atoms with E-state index in [1.807, 2.05) is 6.08 Å². The van der Waals surface area contributed by atoms with Gasteiger partial charge < -0.3 is 10.5 Å². The van der Waals surface area contributed by atoms with Crippen molar-refractivity contribution in [1.82, 2.24) is 14.8 Å². The summed E-state index contributed by atoms with van der Waals surface area (Å²) in [5.74, 6) is 0.718. The fraction of sp³-hybridized carbons (Fsp3) is 0.0909. The minimum atomic E-state index is 0.548. The van der Waals surface area contributed by atoms with E-state index in [9.17, 15) is 0 Å². The summed E-state index contributed by atoms with van der Waals surface area (Å²) in [6.07, 6.45) is 5.23. The van der Waals surface area contributed by atoms with Crippen LogP contribution in [0.2, 0.25) is 0 Å². The van der Waals surface area contributed by atoms with Crippen molar-refractivity contribution in [2.45, 2.75) is 6.61 Å². The highest BCUT2D eigenvalue weighted by atomic mass is 127. The van der Waals surface area contributed by atoms with E-state index in [4.69, 9.17) is 10.5 Å². The van der Waals surface area contributed by atoms with Gasteiger partial charge in [0.1, 0.15) is 10.3 Å². The van der Waals surface area contributed by atoms with E-state index < -0.39 is 0 Å². The maximum atomic E-state index is 5.75. The number of rotatable bonds is 1. The first kappa shape index (κ1) is 10.6. The number of nitrogen functional groups attached to an aromatic ring is 1. The van der Waals surface area contributed by atoms with E-state index in [2.05, 4.69) is 32.7 Å². The van der Waals surface area contributed by atoms with Gasteiger partial charge in [0.05, 0.1) is 12.0 Å². The van der Waals surface area contributed by atoms with Gasteiger partial charge in [-0.3, -0.25) is 0 Å². The number of anilines is 1. The zero-order chi connectivity index (χ0) is 11.8. The molecule has 0 radical (unpaired) electrons. The van der Waals surface area contributed by atoms with Gasteiger partial charge >= 0.3 is 0 Å². The Morgan fingerprint density at radius 3 is 3.18 bits per heavy atom. The molecule has 0 aliphatic carbocycles. The molecule has 0 spiro atoms. The summed E-state index contributed by atoms with van der Waals surface area (Å²) in [5.41, 5.74) is 8.50. The van der Waals surface area contributed by atoms with E-state index in [0.717, 1.165) is 20.8 Å². The number of pyridine rings is 1. The molecule has 5 nitrogen and oxygen atoms in total. The van der Waals surface area contributed by atoms with Gasteiger partial charge in [-0.2, -0.15) is 5.10 Å². The summed E-state index contributed by atoms with van der Waals surface area (Å²) < 4.78 is 7.97. The van der Waals surface area contributed by atoms with Crippen molar-refractivity contribution in [2.24, 2.45) is 0 Å². The van der Waals surface area contributed by atoms with Crippen LogP contribution in [-0.2, 0) is 11.3 Å². The van der Waals surface area contributed by atoms with Crippen LogP contribution in [0, 0.1) is 3.70 Å². The second kappa shape index (κ2) is 4.02. The number of nitrogens with two attached hydrogens (primary N) is 1. The Bertz CT molecular complexity index is 606. The summed E-state index contributed by atoms with van der Waals surface area (Å²) >= 11 is 2.19. The van der Waals surface area contributed by atoms with Gasteiger partial charge in [0.25, 0.3) is 0 Å². The standard InChI is InChI=1S/C11H9IN4O/c12-11-8-6-17-4-2-9(8)16(15-11)10-5-7(13)1-3-14-10/h1-5H,6H2,(H2,13,14). The number of ether oxygens (including phenoxy) is 1. The van der Waals surface area contributed by atoms with Gasteiger partial charge in [0.2, 0.25) is 0 Å². The molecule has 2 aromatic heterocycles. The normalized spacial score (nSPS) is 13.2. The lowest BCUT2D eigenvalue weighted by Crippen LogP contribution is -2.04. The topological polar surface area (TPSA) is 66.0 Å². The second-order valence-electron chi connectivity index (χ2n) is 3.63. The smallest absolute Gasteiger partial charge is 0.156 e. The molecule has 6 heteroatoms. The fourth-order valence-corrected chi connectivity index (χ4v) is 2.36. The Hall–Kier alpha value is -1.57.